The van der Waals surface area contributed by atoms with Crippen molar-refractivity contribution in [3.63, 3.8) is 0 Å². The molecule has 0 saturated carbocycles. The number of H-pyrrole nitrogens is 1. The molecular weight excluding hydrogens is 203 g/mol. The lowest BCUT2D eigenvalue weighted by Gasteiger charge is -1.85. The topological polar surface area (TPSA) is 43.6 Å². The first kappa shape index (κ1) is 7.27. The Bertz CT molecular complexity index is 266. The Hall–Kier alpha value is -0.840. The molecule has 1 aromatic rings. The first-order valence-corrected chi connectivity index (χ1v) is 3.23. The number of hydrogen-bond acceptors (Lipinski definition) is 2. The van der Waals surface area contributed by atoms with Crippen LogP contribution in [-0.4, -0.2) is 0 Å². The van der Waals surface area contributed by atoms with Crippen LogP contribution in [0.25, 0.3) is 0 Å². The van der Waals surface area contributed by atoms with Crippen molar-refractivity contribution in [2.75, 3.05) is 0 Å². The number of aromatic amines is 1. The van der Waals surface area contributed by atoms with Crippen LogP contribution in [0.4, 0.5) is 10.1 Å². The van der Waals surface area contributed by atoms with Gasteiger partial charge in [0.15, 0.2) is 11.5 Å². The van der Waals surface area contributed by atoms with Crippen LogP contribution < -0.4 is 4.98 Å². The molecule has 0 saturated heterocycles. The molecule has 0 spiro atoms. The first-order valence-electron chi connectivity index (χ1n) is 2.44. The molecule has 0 atom stereocenters. The van der Waals surface area contributed by atoms with Crippen molar-refractivity contribution < 1.29 is 9.37 Å². The van der Waals surface area contributed by atoms with E-state index >= 15 is 0 Å². The van der Waals surface area contributed by atoms with Crippen LogP contribution in [0, 0.1) is 10.7 Å². The van der Waals surface area contributed by atoms with Gasteiger partial charge in [-0.15, -0.1) is 4.91 Å². The zero-order valence-corrected chi connectivity index (χ0v) is 6.35. The van der Waals surface area contributed by atoms with Crippen molar-refractivity contribution in [3.8, 4) is 0 Å². The van der Waals surface area contributed by atoms with Gasteiger partial charge in [0.05, 0.1) is 0 Å². The smallest absolute Gasteiger partial charge is 0.201 e. The summed E-state index contributed by atoms with van der Waals surface area (Å²) in [6.07, 6.45) is 1.12. The number of pyridine rings is 1. The lowest BCUT2D eigenvalue weighted by Crippen LogP contribution is -2.03. The van der Waals surface area contributed by atoms with Crippen LogP contribution in [0.3, 0.4) is 0 Å². The van der Waals surface area contributed by atoms with Crippen LogP contribution in [0.15, 0.2) is 22.0 Å². The van der Waals surface area contributed by atoms with Crippen molar-refractivity contribution in [2.45, 2.75) is 0 Å². The SMILES string of the molecule is O=Nc1cc(F)c[nH+]c1Br. The third-order valence-corrected chi connectivity index (χ3v) is 1.57. The standard InChI is InChI=1S/C5H2BrFN2O/c6-5-4(9-10)1-3(7)2-8-5/h1-2H/p+1. The summed E-state index contributed by atoms with van der Waals surface area (Å²) in [6, 6.07) is 1.04. The van der Waals surface area contributed by atoms with E-state index in [1.54, 1.807) is 0 Å². The number of aromatic nitrogens is 1. The average molecular weight is 206 g/mol. The highest BCUT2D eigenvalue weighted by Crippen LogP contribution is 2.19. The van der Waals surface area contributed by atoms with Crippen LogP contribution >= 0.6 is 15.9 Å². The summed E-state index contributed by atoms with van der Waals surface area (Å²) in [5.74, 6) is -0.516. The van der Waals surface area contributed by atoms with Crippen molar-refractivity contribution in [1.29, 1.82) is 0 Å². The van der Waals surface area contributed by atoms with E-state index < -0.39 is 5.82 Å². The maximum Gasteiger partial charge on any atom is 0.275 e. The van der Waals surface area contributed by atoms with Gasteiger partial charge in [0, 0.05) is 22.0 Å². The number of hydrogen-bond donors (Lipinski definition) is 0. The lowest BCUT2D eigenvalue weighted by atomic mass is 10.4. The molecule has 0 aliphatic heterocycles. The second-order valence-electron chi connectivity index (χ2n) is 1.61. The van der Waals surface area contributed by atoms with Crippen LogP contribution in [-0.2, 0) is 0 Å². The summed E-state index contributed by atoms with van der Waals surface area (Å²) in [5, 5.41) is 2.56. The van der Waals surface area contributed by atoms with E-state index in [0.717, 1.165) is 12.3 Å². The van der Waals surface area contributed by atoms with Crippen LogP contribution in [0.2, 0.25) is 0 Å². The minimum atomic E-state index is -0.516. The van der Waals surface area contributed by atoms with Gasteiger partial charge < -0.3 is 0 Å². The second kappa shape index (κ2) is 2.83. The number of nitrogens with zero attached hydrogens (tertiary/aromatic N) is 1. The third-order valence-electron chi connectivity index (χ3n) is 0.935. The maximum atomic E-state index is 12.3. The molecule has 0 amide bonds. The van der Waals surface area contributed by atoms with Gasteiger partial charge in [0.2, 0.25) is 6.20 Å². The predicted octanol–water partition coefficient (Wildman–Crippen LogP) is 1.80. The number of rotatable bonds is 1. The lowest BCUT2D eigenvalue weighted by molar-refractivity contribution is -0.393. The van der Waals surface area contributed by atoms with E-state index in [4.69, 9.17) is 0 Å². The third kappa shape index (κ3) is 1.36. The average Bonchev–Trinajstić information content (AvgIpc) is 1.94. The summed E-state index contributed by atoms with van der Waals surface area (Å²) in [4.78, 5) is 12.4. The molecule has 0 aromatic carbocycles. The summed E-state index contributed by atoms with van der Waals surface area (Å²) in [6.45, 7) is 0. The van der Waals surface area contributed by atoms with E-state index in [2.05, 4.69) is 26.1 Å². The Kier molecular flexibility index (Phi) is 2.06. The molecule has 52 valence electrons. The zero-order chi connectivity index (χ0) is 7.56. The van der Waals surface area contributed by atoms with E-state index in [1.165, 1.54) is 0 Å². The van der Waals surface area contributed by atoms with Crippen molar-refractivity contribution in [3.05, 3.63) is 27.6 Å². The van der Waals surface area contributed by atoms with Crippen LogP contribution in [0.5, 0.6) is 0 Å². The number of nitrogens with one attached hydrogen (secondary N) is 1. The Labute approximate surface area is 64.4 Å². The molecule has 1 heterocycles. The van der Waals surface area contributed by atoms with Gasteiger partial charge in [-0.25, -0.2) is 9.37 Å². The molecule has 3 nitrogen and oxygen atoms in total. The van der Waals surface area contributed by atoms with E-state index in [1.807, 2.05) is 0 Å². The fourth-order valence-electron chi connectivity index (χ4n) is 0.508. The largest absolute Gasteiger partial charge is 0.275 e. The molecule has 0 fully saturated rings. The van der Waals surface area contributed by atoms with Crippen LogP contribution in [0.1, 0.15) is 0 Å². The Morgan fingerprint density at radius 1 is 1.70 bits per heavy atom. The van der Waals surface area contributed by atoms with Gasteiger partial charge in [0.1, 0.15) is 0 Å². The van der Waals surface area contributed by atoms with E-state index in [9.17, 15) is 9.30 Å². The maximum absolute atomic E-state index is 12.3. The van der Waals surface area contributed by atoms with Gasteiger partial charge in [-0.3, -0.25) is 0 Å². The molecule has 0 bridgehead atoms. The van der Waals surface area contributed by atoms with Crippen molar-refractivity contribution in [1.82, 2.24) is 0 Å². The summed E-state index contributed by atoms with van der Waals surface area (Å²) < 4.78 is 12.7. The summed E-state index contributed by atoms with van der Waals surface area (Å²) in [5.41, 5.74) is 0.0278. The Morgan fingerprint density at radius 2 is 2.40 bits per heavy atom. The molecule has 0 unspecified atom stereocenters. The molecule has 0 radical (unpaired) electrons. The zero-order valence-electron chi connectivity index (χ0n) is 4.77. The summed E-state index contributed by atoms with van der Waals surface area (Å²) >= 11 is 2.97. The molecule has 1 N–H and O–H groups in total. The van der Waals surface area contributed by atoms with Crippen molar-refractivity contribution >= 4 is 21.6 Å². The quantitative estimate of drug-likeness (QED) is 0.510. The summed E-state index contributed by atoms with van der Waals surface area (Å²) in [7, 11) is 0. The first-order chi connectivity index (χ1) is 4.74. The highest BCUT2D eigenvalue weighted by atomic mass is 79.9. The fourth-order valence-corrected chi connectivity index (χ4v) is 0.810. The minimum absolute atomic E-state index is 0.0278. The minimum Gasteiger partial charge on any atom is -0.201 e. The van der Waals surface area contributed by atoms with Gasteiger partial charge in [-0.1, -0.05) is 0 Å². The van der Waals surface area contributed by atoms with Crippen molar-refractivity contribution in [2.24, 2.45) is 5.18 Å². The molecule has 0 aliphatic carbocycles. The number of halogens is 2. The molecule has 0 aliphatic rings. The Morgan fingerprint density at radius 3 is 2.90 bits per heavy atom. The van der Waals surface area contributed by atoms with Gasteiger partial charge in [-0.2, -0.15) is 0 Å². The monoisotopic (exact) mass is 205 g/mol. The van der Waals surface area contributed by atoms with Gasteiger partial charge in [-0.05, 0) is 5.18 Å². The second-order valence-corrected chi connectivity index (χ2v) is 2.40. The highest BCUT2D eigenvalue weighted by molar-refractivity contribution is 9.10. The highest BCUT2D eigenvalue weighted by Gasteiger charge is 2.07. The van der Waals surface area contributed by atoms with Gasteiger partial charge in [0.25, 0.3) is 4.60 Å². The fraction of sp³-hybridized carbons (Fsp3) is 0. The van der Waals surface area contributed by atoms with Gasteiger partial charge >= 0.3 is 0 Å². The molecule has 1 aromatic heterocycles. The molecule has 5 heteroatoms. The predicted molar refractivity (Wildman–Crippen MR) is 36.1 cm³/mol. The Balaban J connectivity index is 3.21. The number of nitroso groups, excluding NO2 is 1. The normalized spacial score (nSPS) is 9.40. The molecular formula is C5H3BrFN2O+. The van der Waals surface area contributed by atoms with E-state index in [-0.39, 0.29) is 5.69 Å². The molecule has 1 rings (SSSR count). The molecule has 10 heavy (non-hydrogen) atoms. The van der Waals surface area contributed by atoms with E-state index in [0.29, 0.717) is 4.60 Å².